The van der Waals surface area contributed by atoms with Crippen LogP contribution < -0.4 is 0 Å². The van der Waals surface area contributed by atoms with E-state index in [1.165, 1.54) is 0 Å². The van der Waals surface area contributed by atoms with E-state index in [4.69, 9.17) is 28.5 Å². The highest BCUT2D eigenvalue weighted by molar-refractivity contribution is 6.31. The van der Waals surface area contributed by atoms with Gasteiger partial charge in [0.15, 0.2) is 0 Å². The molecule has 3 heteroatoms. The zero-order chi connectivity index (χ0) is 9.68. The Morgan fingerprint density at radius 1 is 1.38 bits per heavy atom. The Kier molecular flexibility index (Phi) is 3.65. The third-order valence-electron chi connectivity index (χ3n) is 1.39. The molecule has 0 heterocycles. The SMILES string of the molecule is N#Cc1cc(C#CCCl)ccc1Cl. The molecule has 1 aromatic rings. The molecular formula is C10H5Cl2N. The largest absolute Gasteiger partial charge is 0.192 e. The van der Waals surface area contributed by atoms with Gasteiger partial charge in [0.25, 0.3) is 0 Å². The summed E-state index contributed by atoms with van der Waals surface area (Å²) in [4.78, 5) is 0. The first-order valence-electron chi connectivity index (χ1n) is 3.52. The maximum Gasteiger partial charge on any atom is 0.101 e. The number of hydrogen-bond acceptors (Lipinski definition) is 1. The predicted molar refractivity (Wildman–Crippen MR) is 53.8 cm³/mol. The predicted octanol–water partition coefficient (Wildman–Crippen LogP) is 2.80. The van der Waals surface area contributed by atoms with Crippen LogP contribution >= 0.6 is 23.2 Å². The zero-order valence-electron chi connectivity index (χ0n) is 6.64. The zero-order valence-corrected chi connectivity index (χ0v) is 8.15. The molecule has 1 rings (SSSR count). The Morgan fingerprint density at radius 3 is 2.77 bits per heavy atom. The molecule has 0 bridgehead atoms. The topological polar surface area (TPSA) is 23.8 Å². The van der Waals surface area contributed by atoms with Gasteiger partial charge >= 0.3 is 0 Å². The van der Waals surface area contributed by atoms with Crippen molar-refractivity contribution in [2.75, 3.05) is 5.88 Å². The van der Waals surface area contributed by atoms with Crippen molar-refractivity contribution in [3.8, 4) is 17.9 Å². The maximum absolute atomic E-state index is 8.66. The van der Waals surface area contributed by atoms with E-state index in [0.29, 0.717) is 10.6 Å². The minimum atomic E-state index is 0.282. The summed E-state index contributed by atoms with van der Waals surface area (Å²) in [6, 6.07) is 7.02. The molecule has 0 atom stereocenters. The highest BCUT2D eigenvalue weighted by atomic mass is 35.5. The first-order valence-corrected chi connectivity index (χ1v) is 4.43. The van der Waals surface area contributed by atoms with Gasteiger partial charge in [0, 0.05) is 5.56 Å². The molecule has 64 valence electrons. The van der Waals surface area contributed by atoms with Gasteiger partial charge in [-0.3, -0.25) is 0 Å². The van der Waals surface area contributed by atoms with E-state index in [-0.39, 0.29) is 5.88 Å². The lowest BCUT2D eigenvalue weighted by atomic mass is 10.1. The molecule has 0 aliphatic heterocycles. The van der Waals surface area contributed by atoms with E-state index in [2.05, 4.69) is 11.8 Å². The van der Waals surface area contributed by atoms with Crippen LogP contribution in [0.5, 0.6) is 0 Å². The molecule has 1 aromatic carbocycles. The normalized spacial score (nSPS) is 8.38. The summed E-state index contributed by atoms with van der Waals surface area (Å²) in [6.07, 6.45) is 0. The fraction of sp³-hybridized carbons (Fsp3) is 0.100. The minimum absolute atomic E-state index is 0.282. The molecule has 0 unspecified atom stereocenters. The molecule has 0 saturated heterocycles. The highest BCUT2D eigenvalue weighted by Crippen LogP contribution is 2.15. The monoisotopic (exact) mass is 209 g/mol. The van der Waals surface area contributed by atoms with Gasteiger partial charge in [-0.25, -0.2) is 0 Å². The van der Waals surface area contributed by atoms with Crippen LogP contribution in [-0.2, 0) is 0 Å². The lowest BCUT2D eigenvalue weighted by Gasteiger charge is -1.94. The van der Waals surface area contributed by atoms with Gasteiger partial charge in [0.2, 0.25) is 0 Å². The van der Waals surface area contributed by atoms with Crippen LogP contribution in [0.3, 0.4) is 0 Å². The average Bonchev–Trinajstić information content (AvgIpc) is 2.16. The number of nitriles is 1. The highest BCUT2D eigenvalue weighted by Gasteiger charge is 1.98. The van der Waals surface area contributed by atoms with Crippen molar-refractivity contribution in [2.24, 2.45) is 0 Å². The van der Waals surface area contributed by atoms with E-state index < -0.39 is 0 Å². The van der Waals surface area contributed by atoms with Gasteiger partial charge in [-0.1, -0.05) is 23.4 Å². The fourth-order valence-corrected chi connectivity index (χ4v) is 1.05. The van der Waals surface area contributed by atoms with E-state index in [1.807, 2.05) is 6.07 Å². The first kappa shape index (κ1) is 9.93. The van der Waals surface area contributed by atoms with Gasteiger partial charge in [-0.2, -0.15) is 5.26 Å². The number of nitrogens with zero attached hydrogens (tertiary/aromatic N) is 1. The summed E-state index contributed by atoms with van der Waals surface area (Å²) < 4.78 is 0. The summed E-state index contributed by atoms with van der Waals surface area (Å²) in [7, 11) is 0. The van der Waals surface area contributed by atoms with Crippen molar-refractivity contribution in [2.45, 2.75) is 0 Å². The van der Waals surface area contributed by atoms with E-state index in [0.717, 1.165) is 5.56 Å². The van der Waals surface area contributed by atoms with Gasteiger partial charge < -0.3 is 0 Å². The van der Waals surface area contributed by atoms with Gasteiger partial charge in [-0.05, 0) is 18.2 Å². The smallest absolute Gasteiger partial charge is 0.101 e. The Hall–Kier alpha value is -1.15. The number of benzene rings is 1. The number of rotatable bonds is 0. The second-order valence-electron chi connectivity index (χ2n) is 2.24. The van der Waals surface area contributed by atoms with E-state index in [9.17, 15) is 0 Å². The molecular weight excluding hydrogens is 205 g/mol. The van der Waals surface area contributed by atoms with E-state index >= 15 is 0 Å². The van der Waals surface area contributed by atoms with Crippen LogP contribution in [0.15, 0.2) is 18.2 Å². The van der Waals surface area contributed by atoms with Crippen LogP contribution in [0.25, 0.3) is 0 Å². The van der Waals surface area contributed by atoms with E-state index in [1.54, 1.807) is 18.2 Å². The molecule has 0 aliphatic rings. The van der Waals surface area contributed by atoms with Crippen LogP contribution in [0.1, 0.15) is 11.1 Å². The van der Waals surface area contributed by atoms with Gasteiger partial charge in [0.05, 0.1) is 16.5 Å². The lowest BCUT2D eigenvalue weighted by molar-refractivity contribution is 1.48. The fourth-order valence-electron chi connectivity index (χ4n) is 0.824. The molecule has 0 spiro atoms. The van der Waals surface area contributed by atoms with Gasteiger partial charge in [-0.15, -0.1) is 11.6 Å². The number of hydrogen-bond donors (Lipinski definition) is 0. The third-order valence-corrected chi connectivity index (χ3v) is 1.85. The second kappa shape index (κ2) is 4.77. The molecule has 0 N–H and O–H groups in total. The molecule has 1 nitrogen and oxygen atoms in total. The first-order chi connectivity index (χ1) is 6.27. The van der Waals surface area contributed by atoms with Crippen molar-refractivity contribution in [1.82, 2.24) is 0 Å². The second-order valence-corrected chi connectivity index (χ2v) is 2.92. The molecule has 0 aliphatic carbocycles. The van der Waals surface area contributed by atoms with Crippen molar-refractivity contribution in [3.63, 3.8) is 0 Å². The molecule has 0 amide bonds. The van der Waals surface area contributed by atoms with Crippen LogP contribution in [0, 0.1) is 23.2 Å². The Labute approximate surface area is 86.9 Å². The third kappa shape index (κ3) is 2.67. The summed E-state index contributed by atoms with van der Waals surface area (Å²) in [5.74, 6) is 5.79. The standard InChI is InChI=1S/C10H5Cl2N/c11-5-1-2-8-3-4-10(12)9(6-8)7-13/h3-4,6H,5H2. The van der Waals surface area contributed by atoms with Crippen molar-refractivity contribution >= 4 is 23.2 Å². The summed E-state index contributed by atoms with van der Waals surface area (Å²) >= 11 is 11.1. The molecule has 0 radical (unpaired) electrons. The van der Waals surface area contributed by atoms with Crippen LogP contribution in [0.4, 0.5) is 0 Å². The Bertz CT molecular complexity index is 407. The molecule has 0 saturated carbocycles. The quantitative estimate of drug-likeness (QED) is 0.477. The maximum atomic E-state index is 8.66. The Morgan fingerprint density at radius 2 is 2.15 bits per heavy atom. The average molecular weight is 210 g/mol. The minimum Gasteiger partial charge on any atom is -0.192 e. The summed E-state index contributed by atoms with van der Waals surface area (Å²) in [5, 5.41) is 9.10. The molecule has 0 aromatic heterocycles. The number of halogens is 2. The number of alkyl halides is 1. The lowest BCUT2D eigenvalue weighted by Crippen LogP contribution is -1.80. The molecule has 13 heavy (non-hydrogen) atoms. The van der Waals surface area contributed by atoms with Crippen molar-refractivity contribution in [1.29, 1.82) is 5.26 Å². The summed E-state index contributed by atoms with van der Waals surface area (Å²) in [6.45, 7) is 0. The van der Waals surface area contributed by atoms with Crippen LogP contribution in [0.2, 0.25) is 5.02 Å². The summed E-state index contributed by atoms with van der Waals surface area (Å²) in [5.41, 5.74) is 1.18. The molecule has 0 fully saturated rings. The van der Waals surface area contributed by atoms with Gasteiger partial charge in [0.1, 0.15) is 6.07 Å². The van der Waals surface area contributed by atoms with Crippen molar-refractivity contribution in [3.05, 3.63) is 34.3 Å². The van der Waals surface area contributed by atoms with Crippen LogP contribution in [-0.4, -0.2) is 5.88 Å². The van der Waals surface area contributed by atoms with Crippen molar-refractivity contribution < 1.29 is 0 Å². The Balaban J connectivity index is 3.08.